The van der Waals surface area contributed by atoms with Gasteiger partial charge in [0.1, 0.15) is 11.6 Å². The van der Waals surface area contributed by atoms with Gasteiger partial charge in [-0.2, -0.15) is 0 Å². The number of halogens is 2. The van der Waals surface area contributed by atoms with Gasteiger partial charge in [-0.15, -0.1) is 5.10 Å². The SMILES string of the molecule is O=C(Nc1ccc(-c2nnnn2C2CC2)cc1)c1ccc(F)cc1F. The van der Waals surface area contributed by atoms with E-state index in [0.717, 1.165) is 30.5 Å². The van der Waals surface area contributed by atoms with Gasteiger partial charge in [0, 0.05) is 17.3 Å². The molecule has 0 spiro atoms. The highest BCUT2D eigenvalue weighted by molar-refractivity contribution is 6.04. The van der Waals surface area contributed by atoms with Crippen LogP contribution >= 0.6 is 0 Å². The van der Waals surface area contributed by atoms with Crippen LogP contribution in [0.1, 0.15) is 29.2 Å². The second-order valence-corrected chi connectivity index (χ2v) is 5.83. The summed E-state index contributed by atoms with van der Waals surface area (Å²) in [5.41, 5.74) is 1.09. The third kappa shape index (κ3) is 3.10. The molecule has 6 nitrogen and oxygen atoms in total. The summed E-state index contributed by atoms with van der Waals surface area (Å²) in [5.74, 6) is -1.61. The lowest BCUT2D eigenvalue weighted by Crippen LogP contribution is -2.13. The molecular formula is C17H13F2N5O. The molecule has 1 N–H and O–H groups in total. The Morgan fingerprint density at radius 1 is 1.12 bits per heavy atom. The van der Waals surface area contributed by atoms with Crippen LogP contribution in [0.15, 0.2) is 42.5 Å². The summed E-state index contributed by atoms with van der Waals surface area (Å²) in [6.45, 7) is 0. The third-order valence-electron chi connectivity index (χ3n) is 3.96. The Hall–Kier alpha value is -3.16. The number of nitrogens with zero attached hydrogens (tertiary/aromatic N) is 4. The highest BCUT2D eigenvalue weighted by atomic mass is 19.1. The predicted octanol–water partition coefficient (Wildman–Crippen LogP) is 3.21. The van der Waals surface area contributed by atoms with Crippen LogP contribution < -0.4 is 5.32 Å². The van der Waals surface area contributed by atoms with Crippen LogP contribution in [-0.2, 0) is 0 Å². The molecule has 0 saturated heterocycles. The summed E-state index contributed by atoms with van der Waals surface area (Å²) in [5, 5.41) is 14.3. The van der Waals surface area contributed by atoms with E-state index in [2.05, 4.69) is 20.8 Å². The van der Waals surface area contributed by atoms with E-state index in [1.807, 2.05) is 0 Å². The van der Waals surface area contributed by atoms with Crippen molar-refractivity contribution in [1.82, 2.24) is 20.2 Å². The van der Waals surface area contributed by atoms with E-state index in [0.29, 0.717) is 23.6 Å². The second kappa shape index (κ2) is 6.04. The monoisotopic (exact) mass is 341 g/mol. The first-order chi connectivity index (χ1) is 12.1. The number of carbonyl (C=O) groups is 1. The maximum absolute atomic E-state index is 13.7. The fourth-order valence-electron chi connectivity index (χ4n) is 2.52. The number of anilines is 1. The van der Waals surface area contributed by atoms with Crippen molar-refractivity contribution >= 4 is 11.6 Å². The molecule has 25 heavy (non-hydrogen) atoms. The summed E-state index contributed by atoms with van der Waals surface area (Å²) in [4.78, 5) is 12.1. The second-order valence-electron chi connectivity index (χ2n) is 5.83. The minimum Gasteiger partial charge on any atom is -0.322 e. The number of amides is 1. The molecule has 1 saturated carbocycles. The Labute approximate surface area is 141 Å². The van der Waals surface area contributed by atoms with Crippen molar-refractivity contribution in [3.8, 4) is 11.4 Å². The van der Waals surface area contributed by atoms with Crippen molar-refractivity contribution in [2.75, 3.05) is 5.32 Å². The van der Waals surface area contributed by atoms with Crippen LogP contribution in [0.25, 0.3) is 11.4 Å². The van der Waals surface area contributed by atoms with Crippen molar-refractivity contribution in [3.63, 3.8) is 0 Å². The van der Waals surface area contributed by atoms with E-state index in [1.165, 1.54) is 0 Å². The smallest absolute Gasteiger partial charge is 0.258 e. The number of carbonyl (C=O) groups excluding carboxylic acids is 1. The maximum atomic E-state index is 13.7. The highest BCUT2D eigenvalue weighted by Gasteiger charge is 2.28. The molecule has 0 unspecified atom stereocenters. The number of hydrogen-bond acceptors (Lipinski definition) is 4. The molecule has 3 aromatic rings. The van der Waals surface area contributed by atoms with Gasteiger partial charge in [0.15, 0.2) is 5.82 Å². The lowest BCUT2D eigenvalue weighted by Gasteiger charge is -2.07. The van der Waals surface area contributed by atoms with Gasteiger partial charge in [-0.3, -0.25) is 4.79 Å². The predicted molar refractivity (Wildman–Crippen MR) is 85.8 cm³/mol. The summed E-state index contributed by atoms with van der Waals surface area (Å²) in [7, 11) is 0. The number of nitrogens with one attached hydrogen (secondary N) is 1. The van der Waals surface area contributed by atoms with Gasteiger partial charge < -0.3 is 5.32 Å². The molecule has 1 fully saturated rings. The lowest BCUT2D eigenvalue weighted by molar-refractivity contribution is 0.102. The quantitative estimate of drug-likeness (QED) is 0.791. The van der Waals surface area contributed by atoms with Crippen LogP contribution in [0.2, 0.25) is 0 Å². The van der Waals surface area contributed by atoms with Crippen LogP contribution in [0, 0.1) is 11.6 Å². The first kappa shape index (κ1) is 15.4. The van der Waals surface area contributed by atoms with Gasteiger partial charge in [0.2, 0.25) is 0 Å². The van der Waals surface area contributed by atoms with E-state index in [-0.39, 0.29) is 5.56 Å². The van der Waals surface area contributed by atoms with Gasteiger partial charge in [0.25, 0.3) is 5.91 Å². The molecule has 8 heteroatoms. The molecule has 0 atom stereocenters. The van der Waals surface area contributed by atoms with Gasteiger partial charge in [-0.1, -0.05) is 0 Å². The summed E-state index contributed by atoms with van der Waals surface area (Å²) < 4.78 is 28.4. The number of aromatic nitrogens is 4. The van der Waals surface area contributed by atoms with Crippen LogP contribution in [0.5, 0.6) is 0 Å². The molecule has 4 rings (SSSR count). The van der Waals surface area contributed by atoms with Crippen LogP contribution in [0.4, 0.5) is 14.5 Å². The molecule has 0 bridgehead atoms. The molecule has 1 aromatic heterocycles. The summed E-state index contributed by atoms with van der Waals surface area (Å²) >= 11 is 0. The van der Waals surface area contributed by atoms with Gasteiger partial charge in [-0.05, 0) is 59.7 Å². The molecule has 1 aliphatic rings. The van der Waals surface area contributed by atoms with E-state index in [4.69, 9.17) is 0 Å². The fraction of sp³-hybridized carbons (Fsp3) is 0.176. The molecule has 0 radical (unpaired) electrons. The topological polar surface area (TPSA) is 72.7 Å². The van der Waals surface area contributed by atoms with Gasteiger partial charge in [-0.25, -0.2) is 13.5 Å². The average molecular weight is 341 g/mol. The van der Waals surface area contributed by atoms with E-state index in [1.54, 1.807) is 28.9 Å². The van der Waals surface area contributed by atoms with Crippen LogP contribution in [-0.4, -0.2) is 26.1 Å². The third-order valence-corrected chi connectivity index (χ3v) is 3.96. The molecule has 2 aromatic carbocycles. The number of rotatable bonds is 4. The standard InChI is InChI=1S/C17H13F2N5O/c18-11-3-8-14(15(19)9-11)17(25)20-12-4-1-10(2-5-12)16-21-22-23-24(16)13-6-7-13/h1-5,8-9,13H,6-7H2,(H,20,25). The first-order valence-electron chi connectivity index (χ1n) is 7.76. The zero-order valence-electron chi connectivity index (χ0n) is 13.0. The number of benzene rings is 2. The molecule has 126 valence electrons. The molecule has 1 aliphatic carbocycles. The van der Waals surface area contributed by atoms with Gasteiger partial charge >= 0.3 is 0 Å². The molecular weight excluding hydrogens is 328 g/mol. The number of hydrogen-bond donors (Lipinski definition) is 1. The van der Waals surface area contributed by atoms with E-state index >= 15 is 0 Å². The lowest BCUT2D eigenvalue weighted by atomic mass is 10.1. The van der Waals surface area contributed by atoms with Crippen molar-refractivity contribution in [1.29, 1.82) is 0 Å². The van der Waals surface area contributed by atoms with Crippen molar-refractivity contribution in [2.45, 2.75) is 18.9 Å². The van der Waals surface area contributed by atoms with Crippen molar-refractivity contribution in [3.05, 3.63) is 59.7 Å². The zero-order valence-corrected chi connectivity index (χ0v) is 13.0. The molecule has 1 heterocycles. The van der Waals surface area contributed by atoms with Crippen molar-refractivity contribution in [2.24, 2.45) is 0 Å². The Morgan fingerprint density at radius 3 is 2.56 bits per heavy atom. The van der Waals surface area contributed by atoms with Crippen molar-refractivity contribution < 1.29 is 13.6 Å². The maximum Gasteiger partial charge on any atom is 0.258 e. The Bertz CT molecular complexity index is 934. The fourth-order valence-corrected chi connectivity index (χ4v) is 2.52. The van der Waals surface area contributed by atoms with E-state index < -0.39 is 17.5 Å². The Morgan fingerprint density at radius 2 is 1.88 bits per heavy atom. The normalized spacial score (nSPS) is 13.7. The van der Waals surface area contributed by atoms with Crippen LogP contribution in [0.3, 0.4) is 0 Å². The highest BCUT2D eigenvalue weighted by Crippen LogP contribution is 2.36. The average Bonchev–Trinajstić information content (AvgIpc) is 3.32. The van der Waals surface area contributed by atoms with E-state index in [9.17, 15) is 13.6 Å². The summed E-state index contributed by atoms with van der Waals surface area (Å²) in [6.07, 6.45) is 2.13. The zero-order chi connectivity index (χ0) is 17.4. The minimum absolute atomic E-state index is 0.219. The largest absolute Gasteiger partial charge is 0.322 e. The van der Waals surface area contributed by atoms with Gasteiger partial charge in [0.05, 0.1) is 11.6 Å². The minimum atomic E-state index is -0.905. The molecule has 1 amide bonds. The Balaban J connectivity index is 1.52. The Kier molecular flexibility index (Phi) is 3.72. The summed E-state index contributed by atoms with van der Waals surface area (Å²) in [6, 6.07) is 10.1. The molecule has 0 aliphatic heterocycles. The first-order valence-corrected chi connectivity index (χ1v) is 7.76. The number of tetrazole rings is 1.